The fourth-order valence-electron chi connectivity index (χ4n) is 1.61. The zero-order chi connectivity index (χ0) is 15.0. The molecular formula is C13H19NO5S. The molecule has 1 aromatic rings. The van der Waals surface area contributed by atoms with Crippen LogP contribution in [0, 0.1) is 0 Å². The number of rotatable bonds is 9. The molecule has 1 aromatic carbocycles. The maximum absolute atomic E-state index is 11.9. The van der Waals surface area contributed by atoms with E-state index in [2.05, 4.69) is 11.6 Å². The number of nitrogens with one attached hydrogen (secondary N) is 1. The van der Waals surface area contributed by atoms with Crippen molar-refractivity contribution in [2.75, 3.05) is 19.8 Å². The van der Waals surface area contributed by atoms with Crippen LogP contribution in [0.15, 0.2) is 29.2 Å². The number of aryl methyl sites for hydroxylation is 1. The Hall–Kier alpha value is -1.44. The topological polar surface area (TPSA) is 92.7 Å². The van der Waals surface area contributed by atoms with Crippen LogP contribution in [0.25, 0.3) is 0 Å². The zero-order valence-corrected chi connectivity index (χ0v) is 12.1. The van der Waals surface area contributed by atoms with Crippen molar-refractivity contribution < 1.29 is 23.1 Å². The summed E-state index contributed by atoms with van der Waals surface area (Å²) in [5.74, 6) is -1.08. The molecule has 0 bridgehead atoms. The molecule has 0 atom stereocenters. The van der Waals surface area contributed by atoms with Crippen LogP contribution in [0.5, 0.6) is 0 Å². The van der Waals surface area contributed by atoms with Crippen molar-refractivity contribution in [1.82, 2.24) is 4.72 Å². The number of sulfonamides is 1. The average molecular weight is 301 g/mol. The van der Waals surface area contributed by atoms with Crippen molar-refractivity contribution in [3.05, 3.63) is 29.8 Å². The number of carbonyl (C=O) groups is 1. The van der Waals surface area contributed by atoms with Gasteiger partial charge in [-0.05, 0) is 24.1 Å². The van der Waals surface area contributed by atoms with Crippen molar-refractivity contribution in [1.29, 1.82) is 0 Å². The lowest BCUT2D eigenvalue weighted by molar-refractivity contribution is -0.142. The first kappa shape index (κ1) is 16.6. The van der Waals surface area contributed by atoms with Gasteiger partial charge in [0.05, 0.1) is 11.5 Å². The van der Waals surface area contributed by atoms with E-state index in [1.165, 1.54) is 0 Å². The molecule has 0 saturated carbocycles. The largest absolute Gasteiger partial charge is 0.480 e. The highest BCUT2D eigenvalue weighted by Gasteiger charge is 2.12. The molecule has 0 heterocycles. The van der Waals surface area contributed by atoms with Crippen molar-refractivity contribution in [3.8, 4) is 0 Å². The Morgan fingerprint density at radius 1 is 1.30 bits per heavy atom. The monoisotopic (exact) mass is 301 g/mol. The fraction of sp³-hybridized carbons (Fsp3) is 0.462. The van der Waals surface area contributed by atoms with E-state index in [0.717, 1.165) is 18.4 Å². The van der Waals surface area contributed by atoms with E-state index in [1.807, 2.05) is 0 Å². The van der Waals surface area contributed by atoms with Gasteiger partial charge in [-0.2, -0.15) is 0 Å². The molecule has 0 aliphatic rings. The van der Waals surface area contributed by atoms with Gasteiger partial charge in [0.25, 0.3) is 0 Å². The first-order valence-electron chi connectivity index (χ1n) is 6.34. The van der Waals surface area contributed by atoms with Crippen LogP contribution in [-0.4, -0.2) is 39.3 Å². The number of hydrogen-bond donors (Lipinski definition) is 2. The normalized spacial score (nSPS) is 11.4. The Balaban J connectivity index is 2.49. The maximum atomic E-state index is 11.9. The summed E-state index contributed by atoms with van der Waals surface area (Å²) < 4.78 is 30.9. The predicted octanol–water partition coefficient (Wildman–Crippen LogP) is 1.02. The van der Waals surface area contributed by atoms with Crippen LogP contribution in [0.2, 0.25) is 0 Å². The fourth-order valence-corrected chi connectivity index (χ4v) is 2.63. The number of aliphatic carboxylic acids is 1. The first-order chi connectivity index (χ1) is 9.45. The van der Waals surface area contributed by atoms with Crippen LogP contribution >= 0.6 is 0 Å². The summed E-state index contributed by atoms with van der Waals surface area (Å²) in [5.41, 5.74) is 1.09. The van der Waals surface area contributed by atoms with Gasteiger partial charge in [0.2, 0.25) is 10.0 Å². The van der Waals surface area contributed by atoms with Crippen LogP contribution in [0.4, 0.5) is 0 Å². The van der Waals surface area contributed by atoms with E-state index in [4.69, 9.17) is 9.84 Å². The van der Waals surface area contributed by atoms with E-state index in [1.54, 1.807) is 24.3 Å². The van der Waals surface area contributed by atoms with Gasteiger partial charge in [-0.3, -0.25) is 0 Å². The minimum atomic E-state index is -3.57. The molecule has 0 unspecified atom stereocenters. The second-order valence-electron chi connectivity index (χ2n) is 4.24. The summed E-state index contributed by atoms with van der Waals surface area (Å²) in [6.07, 6.45) is 1.92. The Kier molecular flexibility index (Phi) is 6.63. The lowest BCUT2D eigenvalue weighted by Gasteiger charge is -2.07. The molecule has 0 radical (unpaired) electrons. The maximum Gasteiger partial charge on any atom is 0.329 e. The lowest BCUT2D eigenvalue weighted by atomic mass is 10.1. The number of hydrogen-bond acceptors (Lipinski definition) is 4. The number of carboxylic acid groups (broad SMARTS) is 1. The molecule has 112 valence electrons. The smallest absolute Gasteiger partial charge is 0.329 e. The molecule has 0 amide bonds. The Morgan fingerprint density at radius 3 is 2.50 bits per heavy atom. The van der Waals surface area contributed by atoms with E-state index in [0.29, 0.717) is 0 Å². The van der Waals surface area contributed by atoms with Crippen molar-refractivity contribution in [3.63, 3.8) is 0 Å². The minimum absolute atomic E-state index is 0.0133. The summed E-state index contributed by atoms with van der Waals surface area (Å²) in [6.45, 7) is 1.67. The minimum Gasteiger partial charge on any atom is -0.480 e. The Bertz CT molecular complexity index is 524. The molecule has 0 aliphatic carbocycles. The third kappa shape index (κ3) is 5.68. The first-order valence-corrected chi connectivity index (χ1v) is 7.82. The van der Waals surface area contributed by atoms with Gasteiger partial charge in [-0.25, -0.2) is 17.9 Å². The predicted molar refractivity (Wildman–Crippen MR) is 74.1 cm³/mol. The zero-order valence-electron chi connectivity index (χ0n) is 11.3. The molecule has 0 saturated heterocycles. The molecule has 0 aromatic heterocycles. The summed E-state index contributed by atoms with van der Waals surface area (Å²) >= 11 is 0. The summed E-state index contributed by atoms with van der Waals surface area (Å²) in [5, 5.41) is 8.36. The molecule has 0 aliphatic heterocycles. The molecular weight excluding hydrogens is 282 g/mol. The third-order valence-electron chi connectivity index (χ3n) is 2.54. The third-order valence-corrected chi connectivity index (χ3v) is 4.01. The van der Waals surface area contributed by atoms with Crippen LogP contribution in [0.1, 0.15) is 18.9 Å². The number of ether oxygens (including phenoxy) is 1. The highest BCUT2D eigenvalue weighted by molar-refractivity contribution is 7.89. The van der Waals surface area contributed by atoms with Crippen LogP contribution in [-0.2, 0) is 26.0 Å². The summed E-state index contributed by atoms with van der Waals surface area (Å²) in [6, 6.07) is 6.70. The lowest BCUT2D eigenvalue weighted by Crippen LogP contribution is -2.28. The Labute approximate surface area is 118 Å². The number of benzene rings is 1. The number of carboxylic acids is 1. The molecule has 2 N–H and O–H groups in total. The van der Waals surface area contributed by atoms with Gasteiger partial charge in [0.15, 0.2) is 0 Å². The van der Waals surface area contributed by atoms with E-state index >= 15 is 0 Å². The van der Waals surface area contributed by atoms with E-state index in [-0.39, 0.29) is 18.0 Å². The second kappa shape index (κ2) is 7.98. The van der Waals surface area contributed by atoms with E-state index < -0.39 is 22.6 Å². The van der Waals surface area contributed by atoms with Crippen molar-refractivity contribution in [2.45, 2.75) is 24.7 Å². The van der Waals surface area contributed by atoms with Crippen molar-refractivity contribution in [2.24, 2.45) is 0 Å². The summed E-state index contributed by atoms with van der Waals surface area (Å²) in [7, 11) is -3.57. The molecule has 7 heteroatoms. The van der Waals surface area contributed by atoms with Gasteiger partial charge in [0.1, 0.15) is 6.61 Å². The molecule has 0 fully saturated rings. The SMILES string of the molecule is CCCc1ccc(S(=O)(=O)NCCOCC(=O)O)cc1. The van der Waals surface area contributed by atoms with Gasteiger partial charge >= 0.3 is 5.97 Å². The average Bonchev–Trinajstić information content (AvgIpc) is 2.39. The highest BCUT2D eigenvalue weighted by atomic mass is 32.2. The van der Waals surface area contributed by atoms with E-state index in [9.17, 15) is 13.2 Å². The quantitative estimate of drug-likeness (QED) is 0.664. The standard InChI is InChI=1S/C13H19NO5S/c1-2-3-11-4-6-12(7-5-11)20(17,18)14-8-9-19-10-13(15)16/h4-7,14H,2-3,8-10H2,1H3,(H,15,16). The van der Waals surface area contributed by atoms with Crippen molar-refractivity contribution >= 4 is 16.0 Å². The van der Waals surface area contributed by atoms with Crippen LogP contribution < -0.4 is 4.72 Å². The van der Waals surface area contributed by atoms with Gasteiger partial charge in [-0.1, -0.05) is 25.5 Å². The molecule has 0 spiro atoms. The van der Waals surface area contributed by atoms with Gasteiger partial charge in [-0.15, -0.1) is 0 Å². The highest BCUT2D eigenvalue weighted by Crippen LogP contribution is 2.11. The van der Waals surface area contributed by atoms with Crippen LogP contribution in [0.3, 0.4) is 0 Å². The Morgan fingerprint density at radius 2 is 1.95 bits per heavy atom. The van der Waals surface area contributed by atoms with Gasteiger partial charge in [0, 0.05) is 6.54 Å². The summed E-state index contributed by atoms with van der Waals surface area (Å²) in [4.78, 5) is 10.4. The molecule has 6 nitrogen and oxygen atoms in total. The molecule has 1 rings (SSSR count). The second-order valence-corrected chi connectivity index (χ2v) is 6.01. The van der Waals surface area contributed by atoms with Gasteiger partial charge < -0.3 is 9.84 Å². The molecule has 20 heavy (non-hydrogen) atoms.